The van der Waals surface area contributed by atoms with Gasteiger partial charge < -0.3 is 0 Å². The van der Waals surface area contributed by atoms with Crippen molar-refractivity contribution < 1.29 is 8.60 Å². The van der Waals surface area contributed by atoms with Crippen molar-refractivity contribution in [2.75, 3.05) is 0 Å². The van der Waals surface area contributed by atoms with Crippen LogP contribution in [0.2, 0.25) is 0 Å². The molecule has 0 amide bonds. The summed E-state index contributed by atoms with van der Waals surface area (Å²) in [6.07, 6.45) is 0.703. The van der Waals surface area contributed by atoms with E-state index in [2.05, 4.69) is 4.72 Å². The molecule has 0 radical (unpaired) electrons. The fraction of sp³-hybridized carbons (Fsp3) is 0.333. The van der Waals surface area contributed by atoms with Gasteiger partial charge in [-0.05, 0) is 50.5 Å². The topological polar surface area (TPSA) is 29.1 Å². The van der Waals surface area contributed by atoms with Crippen molar-refractivity contribution in [3.05, 3.63) is 71.5 Å². The number of nitrogens with one attached hydrogen (secondary N) is 1. The van der Waals surface area contributed by atoms with Crippen molar-refractivity contribution in [1.29, 1.82) is 0 Å². The van der Waals surface area contributed by atoms with E-state index in [1.54, 1.807) is 12.1 Å². The second-order valence-corrected chi connectivity index (χ2v) is 8.29. The zero-order valence-corrected chi connectivity index (χ0v) is 14.0. The highest BCUT2D eigenvalue weighted by atomic mass is 32.2. The lowest BCUT2D eigenvalue weighted by Gasteiger charge is -2.25. The predicted molar refractivity (Wildman–Crippen MR) is 90.3 cm³/mol. The Hall–Kier alpha value is -1.52. The molecule has 0 fully saturated rings. The van der Waals surface area contributed by atoms with Crippen LogP contribution in [0.3, 0.4) is 0 Å². The molecule has 0 spiro atoms. The Morgan fingerprint density at radius 1 is 1.05 bits per heavy atom. The molecule has 2 aromatic rings. The van der Waals surface area contributed by atoms with Crippen molar-refractivity contribution in [2.45, 2.75) is 38.0 Å². The van der Waals surface area contributed by atoms with Crippen LogP contribution >= 0.6 is 0 Å². The van der Waals surface area contributed by atoms with Gasteiger partial charge in [0.2, 0.25) is 0 Å². The molecule has 2 rings (SSSR count). The van der Waals surface area contributed by atoms with Crippen LogP contribution in [-0.4, -0.2) is 8.96 Å². The lowest BCUT2D eigenvalue weighted by Crippen LogP contribution is -2.36. The van der Waals surface area contributed by atoms with Gasteiger partial charge in [0, 0.05) is 6.04 Å². The van der Waals surface area contributed by atoms with Crippen LogP contribution < -0.4 is 4.72 Å². The molecule has 2 nitrogen and oxygen atoms in total. The fourth-order valence-corrected chi connectivity index (χ4v) is 2.91. The molecule has 118 valence electrons. The van der Waals surface area contributed by atoms with Crippen molar-refractivity contribution >= 4 is 11.0 Å². The number of hydrogen-bond donors (Lipinski definition) is 1. The van der Waals surface area contributed by atoms with Crippen LogP contribution in [0.4, 0.5) is 4.39 Å². The van der Waals surface area contributed by atoms with E-state index in [0.29, 0.717) is 6.42 Å². The highest BCUT2D eigenvalue weighted by molar-refractivity contribution is 7.84. The molecule has 22 heavy (non-hydrogen) atoms. The summed E-state index contributed by atoms with van der Waals surface area (Å²) in [5, 5.41) is 0. The molecule has 0 aliphatic carbocycles. The summed E-state index contributed by atoms with van der Waals surface area (Å²) < 4.78 is 28.4. The van der Waals surface area contributed by atoms with Gasteiger partial charge in [-0.25, -0.2) is 13.3 Å². The van der Waals surface area contributed by atoms with E-state index in [0.717, 1.165) is 11.1 Å². The van der Waals surface area contributed by atoms with E-state index in [-0.39, 0.29) is 16.6 Å². The molecule has 2 atom stereocenters. The lowest BCUT2D eigenvalue weighted by molar-refractivity contribution is 0.593. The maximum atomic E-state index is 13.1. The first-order valence-electron chi connectivity index (χ1n) is 7.34. The highest BCUT2D eigenvalue weighted by Gasteiger charge is 2.23. The van der Waals surface area contributed by atoms with E-state index in [9.17, 15) is 8.60 Å². The van der Waals surface area contributed by atoms with E-state index >= 15 is 0 Å². The summed E-state index contributed by atoms with van der Waals surface area (Å²) in [6, 6.07) is 16.3. The summed E-state index contributed by atoms with van der Waals surface area (Å²) >= 11 is 0. The van der Waals surface area contributed by atoms with Crippen molar-refractivity contribution in [3.8, 4) is 0 Å². The van der Waals surface area contributed by atoms with E-state index in [4.69, 9.17) is 0 Å². The van der Waals surface area contributed by atoms with Crippen LogP contribution in [0.1, 0.15) is 37.9 Å². The minimum Gasteiger partial charge on any atom is -0.242 e. The summed E-state index contributed by atoms with van der Waals surface area (Å²) in [7, 11) is -1.19. The molecule has 0 bridgehead atoms. The first-order chi connectivity index (χ1) is 10.4. The van der Waals surface area contributed by atoms with E-state index < -0.39 is 11.0 Å². The van der Waals surface area contributed by atoms with Gasteiger partial charge in [0.15, 0.2) is 0 Å². The number of rotatable bonds is 5. The number of benzene rings is 2. The van der Waals surface area contributed by atoms with Gasteiger partial charge in [0.05, 0.1) is 15.7 Å². The Kier molecular flexibility index (Phi) is 5.48. The molecule has 1 N–H and O–H groups in total. The van der Waals surface area contributed by atoms with Crippen molar-refractivity contribution in [3.63, 3.8) is 0 Å². The lowest BCUT2D eigenvalue weighted by atomic mass is 10.00. The van der Waals surface area contributed by atoms with Crippen molar-refractivity contribution in [1.82, 2.24) is 4.72 Å². The van der Waals surface area contributed by atoms with Gasteiger partial charge in [-0.3, -0.25) is 0 Å². The van der Waals surface area contributed by atoms with E-state index in [1.165, 1.54) is 12.1 Å². The molecule has 2 aromatic carbocycles. The zero-order chi connectivity index (χ0) is 16.2. The molecule has 0 saturated heterocycles. The smallest absolute Gasteiger partial charge is 0.123 e. The van der Waals surface area contributed by atoms with Crippen LogP contribution in [-0.2, 0) is 17.4 Å². The maximum absolute atomic E-state index is 13.1. The van der Waals surface area contributed by atoms with Crippen LogP contribution in [0, 0.1) is 5.82 Å². The Morgan fingerprint density at radius 2 is 1.64 bits per heavy atom. The van der Waals surface area contributed by atoms with Gasteiger partial charge >= 0.3 is 0 Å². The normalized spacial score (nSPS) is 14.5. The monoisotopic (exact) mass is 319 g/mol. The molecule has 0 saturated carbocycles. The quantitative estimate of drug-likeness (QED) is 0.881. The van der Waals surface area contributed by atoms with Crippen LogP contribution in [0.25, 0.3) is 0 Å². The Balaban J connectivity index is 2.24. The SMILES string of the molecule is CC(C)(C)S(=O)NC(Cc1ccccc1)c1ccc(F)cc1. The largest absolute Gasteiger partial charge is 0.242 e. The first-order valence-corrected chi connectivity index (χ1v) is 8.48. The standard InChI is InChI=1S/C18H22FNOS/c1-18(2,3)22(21)20-17(13-14-7-5-4-6-8-14)15-9-11-16(19)12-10-15/h4-12,17,20H,13H2,1-3H3. The summed E-state index contributed by atoms with van der Waals surface area (Å²) in [5.74, 6) is -0.265. The average Bonchev–Trinajstić information content (AvgIpc) is 2.47. The molecule has 0 aromatic heterocycles. The molecular weight excluding hydrogens is 297 g/mol. The van der Waals surface area contributed by atoms with Gasteiger partial charge in [0.1, 0.15) is 5.82 Å². The Bertz CT molecular complexity index is 620. The molecule has 0 aliphatic rings. The summed E-state index contributed by atoms with van der Waals surface area (Å²) in [4.78, 5) is 0. The third-order valence-corrected chi connectivity index (χ3v) is 4.97. The van der Waals surface area contributed by atoms with Crippen molar-refractivity contribution in [2.24, 2.45) is 0 Å². The first kappa shape index (κ1) is 16.8. The van der Waals surface area contributed by atoms with Crippen LogP contribution in [0.5, 0.6) is 0 Å². The molecule has 2 unspecified atom stereocenters. The number of halogens is 1. The molecule has 0 heterocycles. The second-order valence-electron chi connectivity index (χ2n) is 6.29. The average molecular weight is 319 g/mol. The highest BCUT2D eigenvalue weighted by Crippen LogP contribution is 2.22. The van der Waals surface area contributed by atoms with Gasteiger partial charge in [-0.1, -0.05) is 42.5 Å². The Morgan fingerprint density at radius 3 is 2.18 bits per heavy atom. The zero-order valence-electron chi connectivity index (χ0n) is 13.2. The third-order valence-electron chi connectivity index (χ3n) is 3.36. The summed E-state index contributed by atoms with van der Waals surface area (Å²) in [5.41, 5.74) is 2.08. The minimum absolute atomic E-state index is 0.122. The van der Waals surface area contributed by atoms with Gasteiger partial charge in [-0.2, -0.15) is 0 Å². The van der Waals surface area contributed by atoms with Gasteiger partial charge in [-0.15, -0.1) is 0 Å². The minimum atomic E-state index is -1.19. The molecule has 0 aliphatic heterocycles. The maximum Gasteiger partial charge on any atom is 0.123 e. The second kappa shape index (κ2) is 7.16. The Labute approximate surface area is 134 Å². The molecule has 4 heteroatoms. The predicted octanol–water partition coefficient (Wildman–Crippen LogP) is 4.16. The summed E-state index contributed by atoms with van der Waals surface area (Å²) in [6.45, 7) is 5.79. The van der Waals surface area contributed by atoms with Crippen LogP contribution in [0.15, 0.2) is 54.6 Å². The molecular formula is C18H22FNOS. The number of hydrogen-bond acceptors (Lipinski definition) is 1. The third kappa shape index (κ3) is 4.75. The fourth-order valence-electron chi connectivity index (χ4n) is 2.08. The van der Waals surface area contributed by atoms with Gasteiger partial charge in [0.25, 0.3) is 0 Å². The van der Waals surface area contributed by atoms with E-state index in [1.807, 2.05) is 51.1 Å².